The lowest BCUT2D eigenvalue weighted by molar-refractivity contribution is -0.116. The highest BCUT2D eigenvalue weighted by atomic mass is 16.3. The van der Waals surface area contributed by atoms with Gasteiger partial charge in [-0.1, -0.05) is 18.2 Å². The number of nitrogens with zero attached hydrogens (tertiary/aromatic N) is 3. The summed E-state index contributed by atoms with van der Waals surface area (Å²) in [4.78, 5) is 15.6. The molecule has 1 heterocycles. The van der Waals surface area contributed by atoms with E-state index in [1.54, 1.807) is 30.1 Å². The second-order valence-electron chi connectivity index (χ2n) is 4.22. The molecule has 0 aliphatic carbocycles. The molecule has 0 saturated carbocycles. The molecule has 1 atom stereocenters. The van der Waals surface area contributed by atoms with Crippen molar-refractivity contribution in [3.8, 4) is 0 Å². The third-order valence-electron chi connectivity index (χ3n) is 2.72. The van der Waals surface area contributed by atoms with Crippen molar-refractivity contribution in [2.45, 2.75) is 26.0 Å². The van der Waals surface area contributed by atoms with Gasteiger partial charge in [0.15, 0.2) is 0 Å². The normalized spacial score (nSPS) is 12.1. The number of hydrogen-bond acceptors (Lipinski definition) is 4. The third-order valence-corrected chi connectivity index (χ3v) is 2.72. The monoisotopic (exact) mass is 260 g/mol. The Hall–Kier alpha value is -2.21. The van der Waals surface area contributed by atoms with Crippen LogP contribution < -0.4 is 5.32 Å². The molecule has 0 saturated heterocycles. The Morgan fingerprint density at radius 3 is 2.95 bits per heavy atom. The van der Waals surface area contributed by atoms with E-state index in [0.717, 1.165) is 0 Å². The Morgan fingerprint density at radius 2 is 2.26 bits per heavy atom. The van der Waals surface area contributed by atoms with Crippen molar-refractivity contribution in [3.63, 3.8) is 0 Å². The molecule has 1 aromatic heterocycles. The van der Waals surface area contributed by atoms with Gasteiger partial charge in [-0.15, -0.1) is 0 Å². The van der Waals surface area contributed by atoms with Crippen molar-refractivity contribution in [2.75, 3.05) is 5.32 Å². The van der Waals surface area contributed by atoms with E-state index < -0.39 is 6.10 Å². The van der Waals surface area contributed by atoms with Crippen molar-refractivity contribution in [1.29, 1.82) is 0 Å². The van der Waals surface area contributed by atoms with Crippen LogP contribution in [0.5, 0.6) is 0 Å². The van der Waals surface area contributed by atoms with Crippen LogP contribution in [0.1, 0.15) is 25.0 Å². The van der Waals surface area contributed by atoms with E-state index in [9.17, 15) is 9.90 Å². The van der Waals surface area contributed by atoms with Gasteiger partial charge in [-0.2, -0.15) is 5.10 Å². The van der Waals surface area contributed by atoms with Gasteiger partial charge in [0.05, 0.1) is 12.6 Å². The Bertz CT molecular complexity index is 537. The summed E-state index contributed by atoms with van der Waals surface area (Å²) in [7, 11) is 0. The molecule has 0 aliphatic heterocycles. The van der Waals surface area contributed by atoms with Crippen LogP contribution in [-0.4, -0.2) is 25.8 Å². The molecular weight excluding hydrogens is 244 g/mol. The molecule has 0 radical (unpaired) electrons. The summed E-state index contributed by atoms with van der Waals surface area (Å²) in [5.74, 6) is -0.122. The highest BCUT2D eigenvalue weighted by molar-refractivity contribution is 5.91. The highest BCUT2D eigenvalue weighted by Crippen LogP contribution is 2.22. The van der Waals surface area contributed by atoms with Gasteiger partial charge in [0.2, 0.25) is 5.91 Å². The van der Waals surface area contributed by atoms with E-state index in [1.807, 2.05) is 12.1 Å². The molecule has 0 spiro atoms. The molecule has 1 amide bonds. The molecular formula is C13H16N4O2. The van der Waals surface area contributed by atoms with Crippen molar-refractivity contribution < 1.29 is 9.90 Å². The number of nitrogens with one attached hydrogen (secondary N) is 1. The van der Waals surface area contributed by atoms with Crippen LogP contribution in [0.25, 0.3) is 0 Å². The van der Waals surface area contributed by atoms with Crippen LogP contribution in [0.2, 0.25) is 0 Å². The second kappa shape index (κ2) is 6.10. The molecule has 6 heteroatoms. The van der Waals surface area contributed by atoms with Crippen molar-refractivity contribution >= 4 is 11.6 Å². The summed E-state index contributed by atoms with van der Waals surface area (Å²) < 4.78 is 1.60. The largest absolute Gasteiger partial charge is 0.389 e. The molecule has 100 valence electrons. The summed E-state index contributed by atoms with van der Waals surface area (Å²) >= 11 is 0. The maximum atomic E-state index is 11.8. The average molecular weight is 260 g/mol. The van der Waals surface area contributed by atoms with Crippen LogP contribution in [0.4, 0.5) is 5.69 Å². The van der Waals surface area contributed by atoms with E-state index >= 15 is 0 Å². The number of rotatable bonds is 5. The topological polar surface area (TPSA) is 80.0 Å². The zero-order valence-electron chi connectivity index (χ0n) is 10.7. The summed E-state index contributed by atoms with van der Waals surface area (Å²) in [6.07, 6.45) is 2.68. The predicted octanol–water partition coefficient (Wildman–Crippen LogP) is 1.36. The van der Waals surface area contributed by atoms with E-state index in [1.165, 1.54) is 6.33 Å². The van der Waals surface area contributed by atoms with Crippen molar-refractivity contribution in [2.24, 2.45) is 0 Å². The summed E-state index contributed by atoms with van der Waals surface area (Å²) in [5.41, 5.74) is 1.35. The average Bonchev–Trinajstić information content (AvgIpc) is 2.90. The standard InChI is InChI=1S/C13H16N4O2/c1-10(18)11-4-2-3-5-12(11)16-13(19)6-7-17-9-14-8-15-17/h2-5,8-10,18H,6-7H2,1H3,(H,16,19). The molecule has 1 aromatic carbocycles. The molecule has 2 aromatic rings. The number of aromatic nitrogens is 3. The Morgan fingerprint density at radius 1 is 1.47 bits per heavy atom. The number of benzene rings is 1. The molecule has 1 unspecified atom stereocenters. The predicted molar refractivity (Wildman–Crippen MR) is 70.3 cm³/mol. The molecule has 2 rings (SSSR count). The SMILES string of the molecule is CC(O)c1ccccc1NC(=O)CCn1cncn1. The van der Waals surface area contributed by atoms with Gasteiger partial charge in [0.25, 0.3) is 0 Å². The van der Waals surface area contributed by atoms with Gasteiger partial charge < -0.3 is 10.4 Å². The Balaban J connectivity index is 1.95. The summed E-state index contributed by atoms with van der Waals surface area (Å²) in [5, 5.41) is 16.3. The van der Waals surface area contributed by atoms with Gasteiger partial charge >= 0.3 is 0 Å². The minimum Gasteiger partial charge on any atom is -0.389 e. The second-order valence-corrected chi connectivity index (χ2v) is 4.22. The first-order valence-corrected chi connectivity index (χ1v) is 6.06. The quantitative estimate of drug-likeness (QED) is 0.850. The number of hydrogen-bond donors (Lipinski definition) is 2. The first-order chi connectivity index (χ1) is 9.16. The minimum atomic E-state index is -0.619. The molecule has 0 aliphatic rings. The van der Waals surface area contributed by atoms with Crippen LogP contribution >= 0.6 is 0 Å². The Labute approximate surface area is 111 Å². The molecule has 2 N–H and O–H groups in total. The number of carbonyl (C=O) groups is 1. The van der Waals surface area contributed by atoms with Gasteiger partial charge in [0.1, 0.15) is 12.7 Å². The molecule has 0 bridgehead atoms. The van der Waals surface area contributed by atoms with Gasteiger partial charge in [-0.3, -0.25) is 9.48 Å². The summed E-state index contributed by atoms with van der Waals surface area (Å²) in [6, 6.07) is 7.21. The van der Waals surface area contributed by atoms with Crippen molar-refractivity contribution in [3.05, 3.63) is 42.5 Å². The van der Waals surface area contributed by atoms with Crippen LogP contribution in [0, 0.1) is 0 Å². The minimum absolute atomic E-state index is 0.122. The number of aryl methyl sites for hydroxylation is 1. The van der Waals surface area contributed by atoms with Gasteiger partial charge in [-0.25, -0.2) is 4.98 Å². The Kier molecular flexibility index (Phi) is 4.25. The van der Waals surface area contributed by atoms with Crippen molar-refractivity contribution in [1.82, 2.24) is 14.8 Å². The number of aliphatic hydroxyl groups excluding tert-OH is 1. The lowest BCUT2D eigenvalue weighted by atomic mass is 10.1. The highest BCUT2D eigenvalue weighted by Gasteiger charge is 2.10. The number of amides is 1. The summed E-state index contributed by atoms with van der Waals surface area (Å²) in [6.45, 7) is 2.14. The third kappa shape index (κ3) is 3.62. The lowest BCUT2D eigenvalue weighted by Crippen LogP contribution is -2.16. The first-order valence-electron chi connectivity index (χ1n) is 6.06. The van der Waals surface area contributed by atoms with Crippen LogP contribution in [-0.2, 0) is 11.3 Å². The fourth-order valence-electron chi connectivity index (χ4n) is 1.75. The smallest absolute Gasteiger partial charge is 0.226 e. The fourth-order valence-corrected chi connectivity index (χ4v) is 1.75. The number of para-hydroxylation sites is 1. The number of aliphatic hydroxyl groups is 1. The van der Waals surface area contributed by atoms with E-state index in [4.69, 9.17) is 0 Å². The zero-order valence-corrected chi connectivity index (χ0v) is 10.7. The zero-order chi connectivity index (χ0) is 13.7. The lowest BCUT2D eigenvalue weighted by Gasteiger charge is -2.12. The maximum Gasteiger partial charge on any atom is 0.226 e. The molecule has 0 fully saturated rings. The van der Waals surface area contributed by atoms with E-state index in [-0.39, 0.29) is 5.91 Å². The number of anilines is 1. The number of carbonyl (C=O) groups excluding carboxylic acids is 1. The first kappa shape index (κ1) is 13.2. The van der Waals surface area contributed by atoms with Crippen LogP contribution in [0.3, 0.4) is 0 Å². The van der Waals surface area contributed by atoms with Crippen LogP contribution in [0.15, 0.2) is 36.9 Å². The van der Waals surface area contributed by atoms with E-state index in [2.05, 4.69) is 15.4 Å². The maximum absolute atomic E-state index is 11.8. The van der Waals surface area contributed by atoms with Gasteiger partial charge in [-0.05, 0) is 13.0 Å². The molecule has 6 nitrogen and oxygen atoms in total. The fraction of sp³-hybridized carbons (Fsp3) is 0.308. The molecule has 19 heavy (non-hydrogen) atoms. The van der Waals surface area contributed by atoms with Gasteiger partial charge in [0, 0.05) is 17.7 Å². The van der Waals surface area contributed by atoms with E-state index in [0.29, 0.717) is 24.2 Å².